The van der Waals surface area contributed by atoms with Crippen molar-refractivity contribution in [1.29, 1.82) is 0 Å². The van der Waals surface area contributed by atoms with Gasteiger partial charge in [0.2, 0.25) is 0 Å². The number of hydrogen-bond donors (Lipinski definition) is 1. The molecule has 0 amide bonds. The van der Waals surface area contributed by atoms with Crippen molar-refractivity contribution < 1.29 is 1.43 Å². The number of piperazine rings is 1. The maximum absolute atomic E-state index is 3.70. The molecule has 0 unspecified atom stereocenters. The van der Waals surface area contributed by atoms with E-state index in [0.717, 1.165) is 19.5 Å². The van der Waals surface area contributed by atoms with E-state index in [0.29, 0.717) is 0 Å². The molecule has 0 bridgehead atoms. The summed E-state index contributed by atoms with van der Waals surface area (Å²) in [6.45, 7) is 9.59. The average Bonchev–Trinajstić information content (AvgIpc) is 2.03. The predicted octanol–water partition coefficient (Wildman–Crippen LogP) is 2.62. The maximum atomic E-state index is 3.70. The van der Waals surface area contributed by atoms with Crippen LogP contribution in [0, 0.1) is 0 Å². The van der Waals surface area contributed by atoms with Crippen LogP contribution < -0.4 is 5.32 Å². The highest BCUT2D eigenvalue weighted by atomic mass is 15.2. The Kier molecular flexibility index (Phi) is 16.5. The van der Waals surface area contributed by atoms with E-state index in [4.69, 9.17) is 0 Å². The molecule has 1 aliphatic rings. The van der Waals surface area contributed by atoms with Crippen LogP contribution in [0.25, 0.3) is 0 Å². The van der Waals surface area contributed by atoms with E-state index >= 15 is 0 Å². The van der Waals surface area contributed by atoms with Gasteiger partial charge in [-0.2, -0.15) is 0 Å². The maximum Gasteiger partial charge on any atom is 0.0107 e. The van der Waals surface area contributed by atoms with Crippen molar-refractivity contribution in [3.8, 4) is 0 Å². The summed E-state index contributed by atoms with van der Waals surface area (Å²) in [5, 5.41) is 3.32. The Morgan fingerprint density at radius 3 is 2.23 bits per heavy atom. The SMILES string of the molecule is C.C.C.C=CCCN1CCNCC1.[HH]. The van der Waals surface area contributed by atoms with Crippen molar-refractivity contribution in [2.75, 3.05) is 32.7 Å². The summed E-state index contributed by atoms with van der Waals surface area (Å²) in [4.78, 5) is 2.47. The first-order chi connectivity index (χ1) is 4.93. The zero-order chi connectivity index (χ0) is 7.23. The minimum atomic E-state index is 0. The summed E-state index contributed by atoms with van der Waals surface area (Å²) in [5.74, 6) is 0. The van der Waals surface area contributed by atoms with Gasteiger partial charge >= 0.3 is 0 Å². The van der Waals surface area contributed by atoms with Gasteiger partial charge in [-0.25, -0.2) is 0 Å². The average molecular weight is 190 g/mol. The molecular formula is C11H30N2. The van der Waals surface area contributed by atoms with Gasteiger partial charge < -0.3 is 10.2 Å². The van der Waals surface area contributed by atoms with Crippen LogP contribution in [0.15, 0.2) is 12.7 Å². The van der Waals surface area contributed by atoms with Crippen LogP contribution in [0.5, 0.6) is 0 Å². The Bertz CT molecular complexity index is 101. The van der Waals surface area contributed by atoms with Crippen LogP contribution in [-0.2, 0) is 0 Å². The molecule has 0 spiro atoms. The van der Waals surface area contributed by atoms with Gasteiger partial charge in [0.05, 0.1) is 0 Å². The van der Waals surface area contributed by atoms with Crippen molar-refractivity contribution in [2.24, 2.45) is 0 Å². The van der Waals surface area contributed by atoms with Gasteiger partial charge in [-0.15, -0.1) is 6.58 Å². The number of rotatable bonds is 3. The predicted molar refractivity (Wildman–Crippen MR) is 66.4 cm³/mol. The fourth-order valence-electron chi connectivity index (χ4n) is 1.21. The topological polar surface area (TPSA) is 15.3 Å². The molecule has 0 atom stereocenters. The second kappa shape index (κ2) is 11.7. The van der Waals surface area contributed by atoms with Gasteiger partial charge in [0.1, 0.15) is 0 Å². The van der Waals surface area contributed by atoms with E-state index in [1.807, 2.05) is 6.08 Å². The molecule has 0 aromatic heterocycles. The summed E-state index contributed by atoms with van der Waals surface area (Å²) in [5.41, 5.74) is 0. The van der Waals surface area contributed by atoms with Crippen LogP contribution >= 0.6 is 0 Å². The van der Waals surface area contributed by atoms with E-state index in [2.05, 4.69) is 16.8 Å². The minimum absolute atomic E-state index is 0. The third-order valence-electron chi connectivity index (χ3n) is 1.86. The number of nitrogens with one attached hydrogen (secondary N) is 1. The van der Waals surface area contributed by atoms with Crippen molar-refractivity contribution >= 4 is 0 Å². The van der Waals surface area contributed by atoms with Crippen LogP contribution in [0.2, 0.25) is 0 Å². The number of nitrogens with zero attached hydrogens (tertiary/aromatic N) is 1. The van der Waals surface area contributed by atoms with Gasteiger partial charge in [0, 0.05) is 34.2 Å². The Hall–Kier alpha value is -0.340. The molecular weight excluding hydrogens is 160 g/mol. The van der Waals surface area contributed by atoms with Crippen LogP contribution in [0.4, 0.5) is 0 Å². The molecule has 0 aromatic rings. The largest absolute Gasteiger partial charge is 0.314 e. The van der Waals surface area contributed by atoms with Crippen molar-refractivity contribution in [1.82, 2.24) is 10.2 Å². The summed E-state index contributed by atoms with van der Waals surface area (Å²) in [7, 11) is 0. The van der Waals surface area contributed by atoms with Crippen LogP contribution in [-0.4, -0.2) is 37.6 Å². The molecule has 1 N–H and O–H groups in total. The molecule has 1 heterocycles. The van der Waals surface area contributed by atoms with E-state index in [1.165, 1.54) is 19.6 Å². The Labute approximate surface area is 86.5 Å². The summed E-state index contributed by atoms with van der Waals surface area (Å²) >= 11 is 0. The smallest absolute Gasteiger partial charge is 0.0107 e. The van der Waals surface area contributed by atoms with Gasteiger partial charge in [-0.3, -0.25) is 0 Å². The van der Waals surface area contributed by atoms with Crippen molar-refractivity contribution in [2.45, 2.75) is 28.7 Å². The third-order valence-corrected chi connectivity index (χ3v) is 1.86. The van der Waals surface area contributed by atoms with Gasteiger partial charge in [0.25, 0.3) is 0 Å². The fraction of sp³-hybridized carbons (Fsp3) is 0.818. The van der Waals surface area contributed by atoms with Crippen molar-refractivity contribution in [3.63, 3.8) is 0 Å². The molecule has 2 nitrogen and oxygen atoms in total. The lowest BCUT2D eigenvalue weighted by Crippen LogP contribution is -2.43. The molecule has 84 valence electrons. The van der Waals surface area contributed by atoms with E-state index in [9.17, 15) is 0 Å². The first kappa shape index (κ1) is 18.4. The third kappa shape index (κ3) is 8.00. The van der Waals surface area contributed by atoms with Gasteiger partial charge in [0.15, 0.2) is 0 Å². The molecule has 0 radical (unpaired) electrons. The highest BCUT2D eigenvalue weighted by Crippen LogP contribution is 1.93. The van der Waals surface area contributed by atoms with Crippen LogP contribution in [0.1, 0.15) is 30.1 Å². The lowest BCUT2D eigenvalue weighted by molar-refractivity contribution is 0.245. The monoisotopic (exact) mass is 190 g/mol. The fourth-order valence-corrected chi connectivity index (χ4v) is 1.21. The zero-order valence-electron chi connectivity index (χ0n) is 6.47. The zero-order valence-corrected chi connectivity index (χ0v) is 6.47. The standard InChI is InChI=1S/C8H16N2.3CH4.H2/c1-2-3-6-10-7-4-9-5-8-10;;;;/h2,9H,1,3-8H2;3*1H4;1H. The molecule has 0 aromatic carbocycles. The van der Waals surface area contributed by atoms with E-state index in [1.54, 1.807) is 0 Å². The normalized spacial score (nSPS) is 16.0. The molecule has 0 saturated carbocycles. The first-order valence-corrected chi connectivity index (χ1v) is 3.97. The highest BCUT2D eigenvalue weighted by molar-refractivity contribution is 4.73. The number of hydrogen-bond acceptors (Lipinski definition) is 2. The van der Waals surface area contributed by atoms with E-state index < -0.39 is 0 Å². The lowest BCUT2D eigenvalue weighted by Gasteiger charge is -2.26. The summed E-state index contributed by atoms with van der Waals surface area (Å²) < 4.78 is 0. The second-order valence-electron chi connectivity index (χ2n) is 2.67. The quantitative estimate of drug-likeness (QED) is 0.688. The molecule has 0 aliphatic carbocycles. The van der Waals surface area contributed by atoms with Crippen molar-refractivity contribution in [3.05, 3.63) is 12.7 Å². The lowest BCUT2D eigenvalue weighted by atomic mass is 10.3. The molecule has 1 saturated heterocycles. The Balaban J connectivity index is -0.000000125. The summed E-state index contributed by atoms with van der Waals surface area (Å²) in [6.07, 6.45) is 3.11. The molecule has 13 heavy (non-hydrogen) atoms. The summed E-state index contributed by atoms with van der Waals surface area (Å²) in [6, 6.07) is 0. The molecule has 1 rings (SSSR count). The van der Waals surface area contributed by atoms with Gasteiger partial charge in [-0.1, -0.05) is 28.4 Å². The first-order valence-electron chi connectivity index (χ1n) is 3.97. The molecule has 2 heteroatoms. The van der Waals surface area contributed by atoms with Gasteiger partial charge in [-0.05, 0) is 6.42 Å². The Morgan fingerprint density at radius 2 is 1.77 bits per heavy atom. The van der Waals surface area contributed by atoms with E-state index in [-0.39, 0.29) is 23.7 Å². The minimum Gasteiger partial charge on any atom is -0.314 e. The molecule has 1 fully saturated rings. The Morgan fingerprint density at radius 1 is 1.23 bits per heavy atom. The molecule has 1 aliphatic heterocycles. The van der Waals surface area contributed by atoms with Crippen LogP contribution in [0.3, 0.4) is 0 Å². The highest BCUT2D eigenvalue weighted by Gasteiger charge is 2.06. The second-order valence-corrected chi connectivity index (χ2v) is 2.67.